The number of halogens is 1. The number of benzene rings is 1. The minimum atomic E-state index is -0.255. The third-order valence-electron chi connectivity index (χ3n) is 4.52. The van der Waals surface area contributed by atoms with Crippen molar-refractivity contribution in [2.75, 3.05) is 5.32 Å². The Labute approximate surface area is 180 Å². The summed E-state index contributed by atoms with van der Waals surface area (Å²) < 4.78 is 3.39. The van der Waals surface area contributed by atoms with Crippen LogP contribution in [-0.4, -0.2) is 20.3 Å². The van der Waals surface area contributed by atoms with E-state index in [1.807, 2.05) is 37.3 Å². The minimum Gasteiger partial charge on any atom is -0.323 e. The van der Waals surface area contributed by atoms with Crippen LogP contribution in [0.3, 0.4) is 0 Å². The van der Waals surface area contributed by atoms with E-state index < -0.39 is 0 Å². The number of anilines is 1. The van der Waals surface area contributed by atoms with E-state index in [0.717, 1.165) is 23.4 Å². The van der Waals surface area contributed by atoms with E-state index >= 15 is 0 Å². The largest absolute Gasteiger partial charge is 0.323 e. The number of nitrogens with one attached hydrogen (secondary N) is 1. The normalized spacial score (nSPS) is 11.4. The van der Waals surface area contributed by atoms with Crippen molar-refractivity contribution in [3.8, 4) is 0 Å². The SMILES string of the molecule is Cc1nn(CC(C)C)c(Cl)c1C=CC(=O)Nc1ccc(Cn2ccccc2=O)cc1. The van der Waals surface area contributed by atoms with Gasteiger partial charge in [0.15, 0.2) is 0 Å². The molecular weight excluding hydrogens is 400 g/mol. The standard InChI is InChI=1S/C23H25ClN4O2/c1-16(2)14-28-23(24)20(17(3)26-28)11-12-21(29)25-19-9-7-18(8-10-19)15-27-13-5-4-6-22(27)30/h4-13,16H,14-15H2,1-3H3,(H,25,29). The molecule has 1 N–H and O–H groups in total. The van der Waals surface area contributed by atoms with Crippen LogP contribution >= 0.6 is 11.6 Å². The molecule has 0 bridgehead atoms. The summed E-state index contributed by atoms with van der Waals surface area (Å²) in [6, 6.07) is 12.5. The molecule has 30 heavy (non-hydrogen) atoms. The second kappa shape index (κ2) is 9.59. The molecule has 0 unspecified atom stereocenters. The maximum Gasteiger partial charge on any atom is 0.250 e. The van der Waals surface area contributed by atoms with Crippen molar-refractivity contribution in [3.05, 3.63) is 87.1 Å². The number of amides is 1. The van der Waals surface area contributed by atoms with Gasteiger partial charge in [0.05, 0.1) is 12.2 Å². The van der Waals surface area contributed by atoms with Crippen LogP contribution in [0.25, 0.3) is 6.08 Å². The smallest absolute Gasteiger partial charge is 0.250 e. The molecule has 0 aliphatic carbocycles. The average Bonchev–Trinajstić information content (AvgIpc) is 2.96. The Bertz CT molecular complexity index is 1110. The number of aromatic nitrogens is 3. The topological polar surface area (TPSA) is 68.9 Å². The maximum absolute atomic E-state index is 12.3. The quantitative estimate of drug-likeness (QED) is 0.573. The fourth-order valence-electron chi connectivity index (χ4n) is 3.05. The van der Waals surface area contributed by atoms with E-state index in [9.17, 15) is 9.59 Å². The molecule has 2 aromatic heterocycles. The van der Waals surface area contributed by atoms with Crippen molar-refractivity contribution >= 4 is 29.3 Å². The molecule has 0 saturated heterocycles. The summed E-state index contributed by atoms with van der Waals surface area (Å²) in [7, 11) is 0. The molecule has 3 rings (SSSR count). The van der Waals surface area contributed by atoms with E-state index in [1.165, 1.54) is 12.1 Å². The molecule has 2 heterocycles. The van der Waals surface area contributed by atoms with Gasteiger partial charge in [-0.1, -0.05) is 43.6 Å². The molecule has 0 saturated carbocycles. The third kappa shape index (κ3) is 5.48. The second-order valence-corrected chi connectivity index (χ2v) is 7.91. The molecule has 0 aliphatic heterocycles. The van der Waals surface area contributed by atoms with Gasteiger partial charge in [0, 0.05) is 36.1 Å². The maximum atomic E-state index is 12.3. The van der Waals surface area contributed by atoms with Crippen LogP contribution in [0.4, 0.5) is 5.69 Å². The highest BCUT2D eigenvalue weighted by Crippen LogP contribution is 2.22. The van der Waals surface area contributed by atoms with E-state index in [0.29, 0.717) is 23.3 Å². The number of carbonyl (C=O) groups is 1. The summed E-state index contributed by atoms with van der Waals surface area (Å²) in [6.07, 6.45) is 4.89. The van der Waals surface area contributed by atoms with E-state index in [4.69, 9.17) is 11.6 Å². The van der Waals surface area contributed by atoms with Gasteiger partial charge in [-0.15, -0.1) is 0 Å². The molecule has 1 amide bonds. The zero-order chi connectivity index (χ0) is 21.7. The van der Waals surface area contributed by atoms with Gasteiger partial charge in [0.2, 0.25) is 5.91 Å². The van der Waals surface area contributed by atoms with Crippen LogP contribution in [0.15, 0.2) is 59.5 Å². The van der Waals surface area contributed by atoms with Gasteiger partial charge in [-0.05, 0) is 42.7 Å². The predicted molar refractivity (Wildman–Crippen MR) is 121 cm³/mol. The Morgan fingerprint density at radius 3 is 2.60 bits per heavy atom. The van der Waals surface area contributed by atoms with Crippen molar-refractivity contribution in [1.29, 1.82) is 0 Å². The highest BCUT2D eigenvalue weighted by molar-refractivity contribution is 6.31. The van der Waals surface area contributed by atoms with Crippen LogP contribution in [-0.2, 0) is 17.9 Å². The van der Waals surface area contributed by atoms with Crippen molar-refractivity contribution in [3.63, 3.8) is 0 Å². The lowest BCUT2D eigenvalue weighted by Gasteiger charge is -2.07. The van der Waals surface area contributed by atoms with Crippen LogP contribution in [0.5, 0.6) is 0 Å². The zero-order valence-corrected chi connectivity index (χ0v) is 18.1. The molecule has 3 aromatic rings. The van der Waals surface area contributed by atoms with Crippen LogP contribution in [0, 0.1) is 12.8 Å². The molecule has 1 aromatic carbocycles. The number of hydrogen-bond acceptors (Lipinski definition) is 3. The Morgan fingerprint density at radius 1 is 1.20 bits per heavy atom. The Balaban J connectivity index is 1.63. The van der Waals surface area contributed by atoms with Crippen LogP contribution < -0.4 is 10.9 Å². The predicted octanol–water partition coefficient (Wildman–Crippen LogP) is 4.36. The zero-order valence-electron chi connectivity index (χ0n) is 17.3. The second-order valence-electron chi connectivity index (χ2n) is 7.55. The third-order valence-corrected chi connectivity index (χ3v) is 4.92. The first-order valence-electron chi connectivity index (χ1n) is 9.80. The van der Waals surface area contributed by atoms with Gasteiger partial charge in [0.25, 0.3) is 5.56 Å². The van der Waals surface area contributed by atoms with E-state index in [1.54, 1.807) is 27.6 Å². The lowest BCUT2D eigenvalue weighted by atomic mass is 10.2. The van der Waals surface area contributed by atoms with Gasteiger partial charge in [-0.25, -0.2) is 0 Å². The van der Waals surface area contributed by atoms with Crippen molar-refractivity contribution in [1.82, 2.24) is 14.3 Å². The number of hydrogen-bond donors (Lipinski definition) is 1. The number of aryl methyl sites for hydroxylation is 1. The number of nitrogens with zero attached hydrogens (tertiary/aromatic N) is 3. The summed E-state index contributed by atoms with van der Waals surface area (Å²) in [5, 5.41) is 7.80. The first-order valence-corrected chi connectivity index (χ1v) is 10.2. The summed E-state index contributed by atoms with van der Waals surface area (Å²) in [5.74, 6) is 0.166. The number of rotatable bonds is 7. The molecule has 0 aliphatic rings. The first-order chi connectivity index (χ1) is 14.3. The Kier molecular flexibility index (Phi) is 6.90. The Hall–Kier alpha value is -3.12. The van der Waals surface area contributed by atoms with Crippen LogP contribution in [0.1, 0.15) is 30.7 Å². The molecular formula is C23H25ClN4O2. The van der Waals surface area contributed by atoms with Gasteiger partial charge in [0.1, 0.15) is 5.15 Å². The molecule has 156 valence electrons. The van der Waals surface area contributed by atoms with E-state index in [2.05, 4.69) is 24.3 Å². The molecule has 0 radical (unpaired) electrons. The monoisotopic (exact) mass is 424 g/mol. The highest BCUT2D eigenvalue weighted by Gasteiger charge is 2.12. The van der Waals surface area contributed by atoms with Gasteiger partial charge in [-0.3, -0.25) is 14.3 Å². The summed E-state index contributed by atoms with van der Waals surface area (Å²) in [6.45, 7) is 7.27. The van der Waals surface area contributed by atoms with Crippen molar-refractivity contribution in [2.45, 2.75) is 33.9 Å². The molecule has 0 atom stereocenters. The van der Waals surface area contributed by atoms with Crippen molar-refractivity contribution in [2.24, 2.45) is 5.92 Å². The van der Waals surface area contributed by atoms with Crippen LogP contribution in [0.2, 0.25) is 5.15 Å². The lowest BCUT2D eigenvalue weighted by molar-refractivity contribution is -0.111. The summed E-state index contributed by atoms with van der Waals surface area (Å²) in [4.78, 5) is 24.1. The number of pyridine rings is 1. The van der Waals surface area contributed by atoms with Gasteiger partial charge >= 0.3 is 0 Å². The fourth-order valence-corrected chi connectivity index (χ4v) is 3.35. The lowest BCUT2D eigenvalue weighted by Crippen LogP contribution is -2.18. The summed E-state index contributed by atoms with van der Waals surface area (Å²) in [5.41, 5.74) is 3.12. The number of carbonyl (C=O) groups excluding carboxylic acids is 1. The van der Waals surface area contributed by atoms with Crippen molar-refractivity contribution < 1.29 is 4.79 Å². The minimum absolute atomic E-state index is 0.0503. The van der Waals surface area contributed by atoms with E-state index in [-0.39, 0.29) is 11.5 Å². The first kappa shape index (κ1) is 21.6. The Morgan fingerprint density at radius 2 is 1.93 bits per heavy atom. The fraction of sp³-hybridized carbons (Fsp3) is 0.261. The molecule has 0 spiro atoms. The highest BCUT2D eigenvalue weighted by atomic mass is 35.5. The average molecular weight is 425 g/mol. The molecule has 0 fully saturated rings. The molecule has 6 nitrogen and oxygen atoms in total. The van der Waals surface area contributed by atoms with Gasteiger partial charge < -0.3 is 9.88 Å². The molecule has 7 heteroatoms. The van der Waals surface area contributed by atoms with Gasteiger partial charge in [-0.2, -0.15) is 5.10 Å². The summed E-state index contributed by atoms with van der Waals surface area (Å²) >= 11 is 6.41.